The predicted molar refractivity (Wildman–Crippen MR) is 89.0 cm³/mol. The third kappa shape index (κ3) is 4.43. The van der Waals surface area contributed by atoms with E-state index >= 15 is 0 Å². The molecule has 0 aromatic rings. The molecule has 0 bridgehead atoms. The largest absolute Gasteiger partial charge is 0.386 e. The fourth-order valence-electron chi connectivity index (χ4n) is 1.97. The van der Waals surface area contributed by atoms with E-state index < -0.39 is 16.1 Å². The summed E-state index contributed by atoms with van der Waals surface area (Å²) in [7, 11) is -2.00. The number of allylic oxidation sites excluding steroid dienone is 2. The first kappa shape index (κ1) is 16.8. The molecule has 2 aliphatic rings. The van der Waals surface area contributed by atoms with E-state index in [0.29, 0.717) is 18.5 Å². The third-order valence-corrected chi connectivity index (χ3v) is 5.10. The number of nitriles is 1. The van der Waals surface area contributed by atoms with Crippen LogP contribution in [0.4, 0.5) is 0 Å². The van der Waals surface area contributed by atoms with Gasteiger partial charge in [-0.15, -0.1) is 0 Å². The zero-order valence-corrected chi connectivity index (χ0v) is 13.5. The minimum absolute atomic E-state index is 0.00222. The fraction of sp³-hybridized carbons (Fsp3) is 0.357. The van der Waals surface area contributed by atoms with Gasteiger partial charge in [0.15, 0.2) is 0 Å². The summed E-state index contributed by atoms with van der Waals surface area (Å²) in [5, 5.41) is 11.8. The Bertz CT molecular complexity index is 755. The second-order valence-corrected chi connectivity index (χ2v) is 7.05. The van der Waals surface area contributed by atoms with Crippen molar-refractivity contribution in [1.82, 2.24) is 9.62 Å². The van der Waals surface area contributed by atoms with Gasteiger partial charge in [-0.3, -0.25) is 4.99 Å². The van der Waals surface area contributed by atoms with Crippen molar-refractivity contribution in [3.8, 4) is 6.07 Å². The van der Waals surface area contributed by atoms with Crippen LogP contribution in [0.15, 0.2) is 45.7 Å². The summed E-state index contributed by atoms with van der Waals surface area (Å²) >= 11 is 0. The zero-order chi connectivity index (χ0) is 16.9. The molecule has 0 saturated carbocycles. The SMILES string of the molecule is CN1C(N)=NC(/C=C/CN/C=C2/CC=C(C#N)C=N2)CS1(=O)=O. The van der Waals surface area contributed by atoms with E-state index in [1.165, 1.54) is 13.3 Å². The van der Waals surface area contributed by atoms with Crippen LogP contribution < -0.4 is 11.1 Å². The van der Waals surface area contributed by atoms with Crippen LogP contribution in [0.1, 0.15) is 6.42 Å². The van der Waals surface area contributed by atoms with Crippen LogP contribution in [-0.2, 0) is 10.0 Å². The van der Waals surface area contributed by atoms with E-state index in [1.807, 2.05) is 6.07 Å². The highest BCUT2D eigenvalue weighted by atomic mass is 32.2. The van der Waals surface area contributed by atoms with Crippen molar-refractivity contribution in [1.29, 1.82) is 5.26 Å². The Morgan fingerprint density at radius 3 is 3.00 bits per heavy atom. The summed E-state index contributed by atoms with van der Waals surface area (Å²) in [6.07, 6.45) is 9.19. The number of dihydropyridines is 1. The van der Waals surface area contributed by atoms with E-state index in [0.717, 1.165) is 10.0 Å². The maximum absolute atomic E-state index is 11.8. The topological polar surface area (TPSA) is 124 Å². The molecule has 8 nitrogen and oxygen atoms in total. The van der Waals surface area contributed by atoms with Gasteiger partial charge in [0.1, 0.15) is 6.07 Å². The maximum atomic E-state index is 11.8. The number of hydrogen-bond acceptors (Lipinski definition) is 7. The molecule has 2 aliphatic heterocycles. The van der Waals surface area contributed by atoms with Gasteiger partial charge in [-0.2, -0.15) is 5.26 Å². The Kier molecular flexibility index (Phi) is 5.18. The second kappa shape index (κ2) is 7.11. The second-order valence-electron chi connectivity index (χ2n) is 5.01. The lowest BCUT2D eigenvalue weighted by Gasteiger charge is -2.25. The van der Waals surface area contributed by atoms with Crippen molar-refractivity contribution < 1.29 is 8.42 Å². The van der Waals surface area contributed by atoms with E-state index in [4.69, 9.17) is 11.0 Å². The summed E-state index contributed by atoms with van der Waals surface area (Å²) in [5.41, 5.74) is 6.97. The van der Waals surface area contributed by atoms with Gasteiger partial charge < -0.3 is 11.1 Å². The van der Waals surface area contributed by atoms with Crippen LogP contribution in [0.2, 0.25) is 0 Å². The van der Waals surface area contributed by atoms with Crippen LogP contribution in [-0.4, -0.2) is 50.3 Å². The molecule has 1 unspecified atom stereocenters. The van der Waals surface area contributed by atoms with Gasteiger partial charge in [-0.25, -0.2) is 17.7 Å². The van der Waals surface area contributed by atoms with Crippen molar-refractivity contribution in [2.24, 2.45) is 15.7 Å². The predicted octanol–water partition coefficient (Wildman–Crippen LogP) is -0.143. The molecule has 0 spiro atoms. The van der Waals surface area contributed by atoms with Gasteiger partial charge in [-0.05, 0) is 0 Å². The molecule has 122 valence electrons. The summed E-state index contributed by atoms with van der Waals surface area (Å²) in [6.45, 7) is 0.510. The zero-order valence-electron chi connectivity index (χ0n) is 12.7. The van der Waals surface area contributed by atoms with Gasteiger partial charge in [-0.1, -0.05) is 18.2 Å². The molecular weight excluding hydrogens is 316 g/mol. The first-order valence-corrected chi connectivity index (χ1v) is 8.56. The van der Waals surface area contributed by atoms with Crippen molar-refractivity contribution >= 4 is 22.2 Å². The standard InChI is InChI=1S/C14H18N6O2S/c1-20-14(16)19-13(10-23(20,21)22)3-2-6-17-9-12-5-4-11(7-15)8-18-12/h2-4,8-9,13,17H,5-6,10H2,1H3,(H2,16,19)/b3-2+,12-9-. The average molecular weight is 334 g/mol. The number of guanidine groups is 1. The van der Waals surface area contributed by atoms with E-state index in [9.17, 15) is 8.42 Å². The third-order valence-electron chi connectivity index (χ3n) is 3.31. The van der Waals surface area contributed by atoms with E-state index in [2.05, 4.69) is 15.3 Å². The van der Waals surface area contributed by atoms with Crippen molar-refractivity contribution in [3.05, 3.63) is 35.7 Å². The Morgan fingerprint density at radius 2 is 2.39 bits per heavy atom. The Hall–Kier alpha value is -2.60. The molecule has 0 aliphatic carbocycles. The van der Waals surface area contributed by atoms with Crippen LogP contribution in [0.25, 0.3) is 0 Å². The van der Waals surface area contributed by atoms with Gasteiger partial charge in [0.2, 0.25) is 16.0 Å². The Balaban J connectivity index is 1.84. The first-order chi connectivity index (χ1) is 10.9. The highest BCUT2D eigenvalue weighted by molar-refractivity contribution is 7.89. The van der Waals surface area contributed by atoms with Gasteiger partial charge in [0.05, 0.1) is 23.1 Å². The molecule has 2 rings (SSSR count). The molecule has 0 saturated heterocycles. The lowest BCUT2D eigenvalue weighted by molar-refractivity contribution is 0.538. The smallest absolute Gasteiger partial charge is 0.239 e. The van der Waals surface area contributed by atoms with Crippen LogP contribution in [0.5, 0.6) is 0 Å². The van der Waals surface area contributed by atoms with Gasteiger partial charge in [0, 0.05) is 32.4 Å². The fourth-order valence-corrected chi connectivity index (χ4v) is 3.14. The number of hydrogen-bond donors (Lipinski definition) is 2. The quantitative estimate of drug-likeness (QED) is 0.547. The van der Waals surface area contributed by atoms with Crippen molar-refractivity contribution in [2.45, 2.75) is 12.5 Å². The van der Waals surface area contributed by atoms with E-state index in [-0.39, 0.29) is 11.7 Å². The van der Waals surface area contributed by atoms with Gasteiger partial charge in [0.25, 0.3) is 0 Å². The average Bonchev–Trinajstić information content (AvgIpc) is 2.52. The lowest BCUT2D eigenvalue weighted by Crippen LogP contribution is -2.46. The summed E-state index contributed by atoms with van der Waals surface area (Å²) in [4.78, 5) is 8.26. The van der Waals surface area contributed by atoms with Crippen LogP contribution >= 0.6 is 0 Å². The molecule has 0 fully saturated rings. The van der Waals surface area contributed by atoms with Crippen molar-refractivity contribution in [3.63, 3.8) is 0 Å². The minimum atomic E-state index is -3.39. The van der Waals surface area contributed by atoms with E-state index in [1.54, 1.807) is 24.4 Å². The normalized spacial score (nSPS) is 25.1. The van der Waals surface area contributed by atoms with Crippen LogP contribution in [0.3, 0.4) is 0 Å². The highest BCUT2D eigenvalue weighted by Crippen LogP contribution is 2.12. The number of nitrogens with zero attached hydrogens (tertiary/aromatic N) is 4. The molecule has 0 aromatic heterocycles. The number of aliphatic imine (C=N–C) groups is 2. The molecule has 0 aromatic carbocycles. The summed E-state index contributed by atoms with van der Waals surface area (Å²) in [5.74, 6) is -0.0917. The molecule has 0 amide bonds. The monoisotopic (exact) mass is 334 g/mol. The molecule has 9 heteroatoms. The van der Waals surface area contributed by atoms with Crippen molar-refractivity contribution in [2.75, 3.05) is 19.3 Å². The maximum Gasteiger partial charge on any atom is 0.239 e. The number of nitrogens with one attached hydrogen (secondary N) is 1. The molecule has 0 radical (unpaired) electrons. The number of nitrogens with two attached hydrogens (primary N) is 1. The molecule has 3 N–H and O–H groups in total. The Labute approximate surface area is 135 Å². The highest BCUT2D eigenvalue weighted by Gasteiger charge is 2.28. The first-order valence-electron chi connectivity index (χ1n) is 6.95. The Morgan fingerprint density at radius 1 is 1.61 bits per heavy atom. The molecule has 23 heavy (non-hydrogen) atoms. The van der Waals surface area contributed by atoms with Gasteiger partial charge >= 0.3 is 0 Å². The van der Waals surface area contributed by atoms with Crippen LogP contribution in [0, 0.1) is 11.3 Å². The number of sulfonamides is 1. The molecular formula is C14H18N6O2S. The number of rotatable bonds is 4. The molecule has 1 atom stereocenters. The lowest BCUT2D eigenvalue weighted by atomic mass is 10.2. The minimum Gasteiger partial charge on any atom is -0.386 e. The molecule has 2 heterocycles. The summed E-state index contributed by atoms with van der Waals surface area (Å²) in [6, 6.07) is 1.56. The summed E-state index contributed by atoms with van der Waals surface area (Å²) < 4.78 is 24.6.